The number of rotatable bonds is 3. The van der Waals surface area contributed by atoms with Crippen molar-refractivity contribution < 1.29 is 13.6 Å². The molecule has 1 atom stereocenters. The van der Waals surface area contributed by atoms with Crippen LogP contribution in [-0.4, -0.2) is 29.3 Å². The molecule has 1 saturated carbocycles. The minimum Gasteiger partial charge on any atom is -0.316 e. The number of amides is 1. The lowest BCUT2D eigenvalue weighted by Gasteiger charge is -2.24. The zero-order chi connectivity index (χ0) is 14.2. The maximum absolute atomic E-state index is 12.8. The number of hydrogen-bond donors (Lipinski definition) is 1. The molecule has 1 heterocycles. The molecule has 1 aromatic rings. The molecular formula is C15H18F2N2O. The first kappa shape index (κ1) is 13.5. The van der Waals surface area contributed by atoms with Crippen LogP contribution in [-0.2, 0) is 4.79 Å². The Kier molecular flexibility index (Phi) is 3.46. The van der Waals surface area contributed by atoms with E-state index in [1.165, 1.54) is 4.90 Å². The van der Waals surface area contributed by atoms with Crippen molar-refractivity contribution in [2.75, 3.05) is 6.54 Å². The Morgan fingerprint density at radius 2 is 1.90 bits per heavy atom. The van der Waals surface area contributed by atoms with Gasteiger partial charge in [0, 0.05) is 0 Å². The van der Waals surface area contributed by atoms with E-state index in [1.54, 1.807) is 0 Å². The van der Waals surface area contributed by atoms with Crippen LogP contribution in [0.15, 0.2) is 30.3 Å². The highest BCUT2D eigenvalue weighted by Crippen LogP contribution is 2.40. The van der Waals surface area contributed by atoms with Gasteiger partial charge in [-0.15, -0.1) is 0 Å². The molecule has 5 heteroatoms. The number of nitrogens with zero attached hydrogens (tertiary/aromatic N) is 1. The Bertz CT molecular complexity index is 486. The van der Waals surface area contributed by atoms with Crippen LogP contribution in [0, 0.1) is 0 Å². The molecule has 3 rings (SSSR count). The van der Waals surface area contributed by atoms with E-state index in [-0.39, 0.29) is 5.91 Å². The first-order valence-corrected chi connectivity index (χ1v) is 7.04. The van der Waals surface area contributed by atoms with E-state index in [4.69, 9.17) is 0 Å². The normalized spacial score (nSPS) is 25.1. The van der Waals surface area contributed by atoms with Crippen LogP contribution < -0.4 is 5.32 Å². The lowest BCUT2D eigenvalue weighted by atomic mass is 9.98. The topological polar surface area (TPSA) is 32.3 Å². The maximum Gasteiger partial charge on any atom is 0.255 e. The number of benzene rings is 1. The molecular weight excluding hydrogens is 262 g/mol. The van der Waals surface area contributed by atoms with Gasteiger partial charge in [-0.1, -0.05) is 43.2 Å². The molecule has 1 aliphatic heterocycles. The Morgan fingerprint density at radius 1 is 1.25 bits per heavy atom. The van der Waals surface area contributed by atoms with E-state index in [2.05, 4.69) is 5.32 Å². The third-order valence-corrected chi connectivity index (χ3v) is 4.30. The molecule has 1 aromatic carbocycles. The van der Waals surface area contributed by atoms with Crippen molar-refractivity contribution in [2.45, 2.75) is 43.8 Å². The van der Waals surface area contributed by atoms with Gasteiger partial charge in [0.2, 0.25) is 5.91 Å². The quantitative estimate of drug-likeness (QED) is 0.923. The molecule has 0 aromatic heterocycles. The zero-order valence-corrected chi connectivity index (χ0v) is 11.2. The molecule has 20 heavy (non-hydrogen) atoms. The van der Waals surface area contributed by atoms with E-state index < -0.39 is 24.7 Å². The molecule has 1 unspecified atom stereocenters. The number of nitrogens with one attached hydrogen (secondary N) is 1. The number of carbonyl (C=O) groups is 1. The van der Waals surface area contributed by atoms with E-state index in [0.717, 1.165) is 31.2 Å². The fourth-order valence-corrected chi connectivity index (χ4v) is 3.37. The fraction of sp³-hybridized carbons (Fsp3) is 0.533. The Labute approximate surface area is 117 Å². The van der Waals surface area contributed by atoms with E-state index in [0.29, 0.717) is 0 Å². The molecule has 2 fully saturated rings. The van der Waals surface area contributed by atoms with Crippen LogP contribution in [0.2, 0.25) is 0 Å². The van der Waals surface area contributed by atoms with Crippen molar-refractivity contribution in [1.29, 1.82) is 0 Å². The summed E-state index contributed by atoms with van der Waals surface area (Å²) >= 11 is 0. The molecule has 0 radical (unpaired) electrons. The summed E-state index contributed by atoms with van der Waals surface area (Å²) in [7, 11) is 0. The lowest BCUT2D eigenvalue weighted by Crippen LogP contribution is -2.44. The van der Waals surface area contributed by atoms with Gasteiger partial charge in [-0.05, 0) is 18.4 Å². The van der Waals surface area contributed by atoms with Gasteiger partial charge in [0.1, 0.15) is 6.17 Å². The zero-order valence-electron chi connectivity index (χ0n) is 11.2. The average molecular weight is 280 g/mol. The highest BCUT2D eigenvalue weighted by Gasteiger charge is 2.52. The predicted molar refractivity (Wildman–Crippen MR) is 71.2 cm³/mol. The molecule has 108 valence electrons. The third-order valence-electron chi connectivity index (χ3n) is 4.30. The minimum atomic E-state index is -2.51. The largest absolute Gasteiger partial charge is 0.316 e. The van der Waals surface area contributed by atoms with Crippen molar-refractivity contribution in [3.63, 3.8) is 0 Å². The predicted octanol–water partition coefficient (Wildman–Crippen LogP) is 2.69. The summed E-state index contributed by atoms with van der Waals surface area (Å²) < 4.78 is 25.6. The number of alkyl halides is 2. The van der Waals surface area contributed by atoms with Crippen molar-refractivity contribution >= 4 is 5.91 Å². The molecule has 0 bridgehead atoms. The fourth-order valence-electron chi connectivity index (χ4n) is 3.37. The van der Waals surface area contributed by atoms with Gasteiger partial charge in [-0.2, -0.15) is 0 Å². The van der Waals surface area contributed by atoms with Gasteiger partial charge in [0.05, 0.1) is 12.1 Å². The van der Waals surface area contributed by atoms with Crippen LogP contribution in [0.5, 0.6) is 0 Å². The smallest absolute Gasteiger partial charge is 0.255 e. The summed E-state index contributed by atoms with van der Waals surface area (Å²) in [5.41, 5.74) is 0.250. The van der Waals surface area contributed by atoms with E-state index in [1.807, 2.05) is 30.3 Å². The van der Waals surface area contributed by atoms with Crippen molar-refractivity contribution in [3.8, 4) is 0 Å². The molecule has 1 spiro atoms. The first-order valence-electron chi connectivity index (χ1n) is 7.04. The summed E-state index contributed by atoms with van der Waals surface area (Å²) in [6.45, 7) is -0.507. The van der Waals surface area contributed by atoms with Crippen LogP contribution >= 0.6 is 0 Å². The Balaban J connectivity index is 1.92. The molecule has 1 saturated heterocycles. The summed E-state index contributed by atoms with van der Waals surface area (Å²) in [6.07, 6.45) is 0.495. The van der Waals surface area contributed by atoms with Crippen molar-refractivity contribution in [1.82, 2.24) is 10.2 Å². The van der Waals surface area contributed by atoms with Crippen molar-refractivity contribution in [3.05, 3.63) is 35.9 Å². The summed E-state index contributed by atoms with van der Waals surface area (Å²) in [6, 6.07) is 9.35. The van der Waals surface area contributed by atoms with Gasteiger partial charge in [-0.25, -0.2) is 8.78 Å². The lowest BCUT2D eigenvalue weighted by molar-refractivity contribution is -0.135. The summed E-state index contributed by atoms with van der Waals surface area (Å²) in [4.78, 5) is 13.9. The molecule has 1 amide bonds. The molecule has 3 nitrogen and oxygen atoms in total. The van der Waals surface area contributed by atoms with E-state index >= 15 is 0 Å². The summed E-state index contributed by atoms with van der Waals surface area (Å²) in [5.74, 6) is -0.163. The monoisotopic (exact) mass is 280 g/mol. The number of hydrogen-bond acceptors (Lipinski definition) is 2. The van der Waals surface area contributed by atoms with Crippen molar-refractivity contribution in [2.24, 2.45) is 0 Å². The maximum atomic E-state index is 12.8. The van der Waals surface area contributed by atoms with E-state index in [9.17, 15) is 13.6 Å². The second-order valence-electron chi connectivity index (χ2n) is 5.60. The van der Waals surface area contributed by atoms with Gasteiger partial charge >= 0.3 is 0 Å². The van der Waals surface area contributed by atoms with Gasteiger partial charge in [0.15, 0.2) is 0 Å². The standard InChI is InChI=1S/C15H18F2N2O/c16-12(17)10-19-13(11-6-2-1-3-7-11)18-15(14(19)20)8-4-5-9-15/h1-3,6-7,12-13,18H,4-5,8-10H2. The third kappa shape index (κ3) is 2.20. The Hall–Kier alpha value is -1.49. The van der Waals surface area contributed by atoms with Gasteiger partial charge < -0.3 is 4.90 Å². The molecule has 1 N–H and O–H groups in total. The van der Waals surface area contributed by atoms with Crippen LogP contribution in [0.4, 0.5) is 8.78 Å². The highest BCUT2D eigenvalue weighted by atomic mass is 19.3. The minimum absolute atomic E-state index is 0.163. The molecule has 2 aliphatic rings. The SMILES string of the molecule is O=C1N(CC(F)F)C(c2ccccc2)NC12CCCC2. The highest BCUT2D eigenvalue weighted by molar-refractivity contribution is 5.89. The second-order valence-corrected chi connectivity index (χ2v) is 5.60. The van der Waals surface area contributed by atoms with Gasteiger partial charge in [-0.3, -0.25) is 10.1 Å². The second kappa shape index (κ2) is 5.13. The first-order chi connectivity index (χ1) is 9.62. The molecule has 1 aliphatic carbocycles. The number of carbonyl (C=O) groups excluding carboxylic acids is 1. The van der Waals surface area contributed by atoms with Gasteiger partial charge in [0.25, 0.3) is 6.43 Å². The Morgan fingerprint density at radius 3 is 2.50 bits per heavy atom. The van der Waals surface area contributed by atoms with Crippen LogP contribution in [0.25, 0.3) is 0 Å². The van der Waals surface area contributed by atoms with Crippen LogP contribution in [0.3, 0.4) is 0 Å². The number of halogens is 2. The average Bonchev–Trinajstić information content (AvgIpc) is 3.01. The van der Waals surface area contributed by atoms with Crippen LogP contribution in [0.1, 0.15) is 37.4 Å². The summed E-state index contributed by atoms with van der Waals surface area (Å²) in [5, 5.41) is 3.33.